The van der Waals surface area contributed by atoms with E-state index in [1.165, 1.54) is 16.7 Å². The third-order valence-electron chi connectivity index (χ3n) is 9.93. The number of piperidine rings is 1. The summed E-state index contributed by atoms with van der Waals surface area (Å²) in [6.45, 7) is 0.620. The van der Waals surface area contributed by atoms with E-state index >= 15 is 0 Å². The van der Waals surface area contributed by atoms with Gasteiger partial charge in [0.1, 0.15) is 22.9 Å². The molecule has 0 unspecified atom stereocenters. The number of halogens is 5. The third-order valence-corrected chi connectivity index (χ3v) is 9.93. The first kappa shape index (κ1) is 27.9. The number of alkyl halides is 3. The first-order valence-electron chi connectivity index (χ1n) is 14.5. The lowest BCUT2D eigenvalue weighted by molar-refractivity contribution is -0.163. The van der Waals surface area contributed by atoms with Crippen molar-refractivity contribution in [3.63, 3.8) is 0 Å². The van der Waals surface area contributed by atoms with Crippen LogP contribution in [0.25, 0.3) is 0 Å². The predicted octanol–water partition coefficient (Wildman–Crippen LogP) is 5.11. The van der Waals surface area contributed by atoms with Crippen LogP contribution in [-0.2, 0) is 27.0 Å². The van der Waals surface area contributed by atoms with Crippen LogP contribution in [0.2, 0.25) is 0 Å². The number of amides is 2. The second-order valence-corrected chi connectivity index (χ2v) is 12.2. The highest BCUT2D eigenvalue weighted by Gasteiger charge is 2.67. The zero-order chi connectivity index (χ0) is 30.1. The fraction of sp³-hybridized carbons (Fsp3) is 0.500. The fourth-order valence-electron chi connectivity index (χ4n) is 7.25. The van der Waals surface area contributed by atoms with Crippen LogP contribution < -0.4 is 5.32 Å². The molecule has 8 nitrogen and oxygen atoms in total. The number of nitrogens with zero attached hydrogens (tertiary/aromatic N) is 5. The summed E-state index contributed by atoms with van der Waals surface area (Å²) in [7, 11) is 0. The molecule has 4 aliphatic rings. The first-order chi connectivity index (χ1) is 20.5. The number of carbonyl (C=O) groups is 2. The molecule has 1 aromatic carbocycles. The Morgan fingerprint density at radius 3 is 2.51 bits per heavy atom. The molecule has 2 atom stereocenters. The summed E-state index contributed by atoms with van der Waals surface area (Å²) in [6.07, 6.45) is -1.70. The molecule has 1 N–H and O–H groups in total. The maximum absolute atomic E-state index is 14.9. The molecule has 0 bridgehead atoms. The standard InChI is InChI=1S/C30H29F5N6O2/c31-21-5-1-3-19(23(21)32)18-7-6-17(25-38-39-26(41(25)16-18)29(8-9-29)30(33,34)35)15-22(42)40-13-10-28(11-14-40)20-4-2-12-36-24(20)37-27(28)43/h1-5,12,17-18H,6-11,13-16H2,(H,36,37,43)/t17-,18+/m1/s1. The lowest BCUT2D eigenvalue weighted by Crippen LogP contribution is -2.48. The lowest BCUT2D eigenvalue weighted by Gasteiger charge is -2.38. The molecule has 3 aliphatic heterocycles. The molecule has 0 radical (unpaired) electrons. The van der Waals surface area contributed by atoms with Gasteiger partial charge in [0.2, 0.25) is 11.8 Å². The molecule has 3 aromatic rings. The summed E-state index contributed by atoms with van der Waals surface area (Å²) >= 11 is 0. The summed E-state index contributed by atoms with van der Waals surface area (Å²) in [4.78, 5) is 32.5. The Morgan fingerprint density at radius 2 is 1.79 bits per heavy atom. The van der Waals surface area contributed by atoms with Gasteiger partial charge in [0, 0.05) is 49.7 Å². The average Bonchev–Trinajstić information content (AvgIpc) is 3.68. The van der Waals surface area contributed by atoms with E-state index in [4.69, 9.17) is 0 Å². The zero-order valence-electron chi connectivity index (χ0n) is 23.1. The highest BCUT2D eigenvalue weighted by molar-refractivity contribution is 6.05. The molecule has 13 heteroatoms. The number of hydrogen-bond acceptors (Lipinski definition) is 5. The summed E-state index contributed by atoms with van der Waals surface area (Å²) in [5.74, 6) is -2.99. The van der Waals surface area contributed by atoms with Crippen LogP contribution in [-0.4, -0.2) is 55.7 Å². The molecular formula is C30H29F5N6O2. The van der Waals surface area contributed by atoms with E-state index in [0.717, 1.165) is 11.6 Å². The molecule has 2 aromatic heterocycles. The van der Waals surface area contributed by atoms with Crippen LogP contribution in [0.5, 0.6) is 0 Å². The lowest BCUT2D eigenvalue weighted by atomic mass is 9.74. The van der Waals surface area contributed by atoms with E-state index < -0.39 is 40.5 Å². The van der Waals surface area contributed by atoms with Crippen molar-refractivity contribution in [2.75, 3.05) is 18.4 Å². The summed E-state index contributed by atoms with van der Waals surface area (Å²) in [5, 5.41) is 11.0. The number of hydrogen-bond donors (Lipinski definition) is 1. The van der Waals surface area contributed by atoms with Crippen molar-refractivity contribution >= 4 is 17.6 Å². The molecule has 1 spiro atoms. The number of pyridine rings is 1. The molecule has 226 valence electrons. The van der Waals surface area contributed by atoms with Gasteiger partial charge in [0.25, 0.3) is 0 Å². The second kappa shape index (κ2) is 9.81. The third kappa shape index (κ3) is 4.33. The van der Waals surface area contributed by atoms with E-state index in [1.54, 1.807) is 17.2 Å². The first-order valence-corrected chi connectivity index (χ1v) is 14.5. The normalized spacial score (nSPS) is 23.8. The number of carbonyl (C=O) groups excluding carboxylic acids is 2. The van der Waals surface area contributed by atoms with Crippen LogP contribution in [0.4, 0.5) is 27.8 Å². The van der Waals surface area contributed by atoms with Gasteiger partial charge in [-0.3, -0.25) is 9.59 Å². The van der Waals surface area contributed by atoms with Gasteiger partial charge in [-0.05, 0) is 56.2 Å². The van der Waals surface area contributed by atoms with E-state index in [1.807, 2.05) is 6.07 Å². The molecule has 2 fully saturated rings. The Labute approximate surface area is 243 Å². The topological polar surface area (TPSA) is 93.0 Å². The van der Waals surface area contributed by atoms with Crippen molar-refractivity contribution < 1.29 is 31.5 Å². The van der Waals surface area contributed by atoms with Gasteiger partial charge in [-0.25, -0.2) is 13.8 Å². The van der Waals surface area contributed by atoms with Gasteiger partial charge >= 0.3 is 6.18 Å². The molecular weight excluding hydrogens is 571 g/mol. The Kier molecular flexibility index (Phi) is 6.37. The van der Waals surface area contributed by atoms with Crippen LogP contribution in [0.3, 0.4) is 0 Å². The average molecular weight is 601 g/mol. The molecule has 1 saturated heterocycles. The van der Waals surface area contributed by atoms with E-state index in [0.29, 0.717) is 44.6 Å². The number of rotatable bonds is 4. The number of likely N-dealkylation sites (tertiary alicyclic amines) is 1. The summed E-state index contributed by atoms with van der Waals surface area (Å²) in [6, 6.07) is 7.49. The van der Waals surface area contributed by atoms with Crippen LogP contribution >= 0.6 is 0 Å². The van der Waals surface area contributed by atoms with Gasteiger partial charge in [-0.2, -0.15) is 13.2 Å². The van der Waals surface area contributed by atoms with Gasteiger partial charge in [-0.1, -0.05) is 18.2 Å². The molecule has 1 saturated carbocycles. The maximum atomic E-state index is 14.9. The summed E-state index contributed by atoms with van der Waals surface area (Å²) < 4.78 is 73.0. The molecule has 43 heavy (non-hydrogen) atoms. The number of benzene rings is 1. The minimum atomic E-state index is -4.54. The van der Waals surface area contributed by atoms with Crippen molar-refractivity contribution in [1.29, 1.82) is 0 Å². The van der Waals surface area contributed by atoms with Gasteiger partial charge in [0.05, 0.1) is 5.41 Å². The van der Waals surface area contributed by atoms with Gasteiger partial charge in [0.15, 0.2) is 11.6 Å². The molecule has 5 heterocycles. The van der Waals surface area contributed by atoms with Crippen molar-refractivity contribution in [2.45, 2.75) is 80.3 Å². The number of aromatic nitrogens is 4. The smallest absolute Gasteiger partial charge is 0.343 e. The molecule has 7 rings (SSSR count). The Hall–Kier alpha value is -3.90. The van der Waals surface area contributed by atoms with E-state index in [9.17, 15) is 31.5 Å². The van der Waals surface area contributed by atoms with Crippen LogP contribution in [0, 0.1) is 11.6 Å². The van der Waals surface area contributed by atoms with Crippen LogP contribution in [0.15, 0.2) is 36.5 Å². The van der Waals surface area contributed by atoms with Gasteiger partial charge in [-0.15, -0.1) is 10.2 Å². The Balaban J connectivity index is 1.15. The quantitative estimate of drug-likeness (QED) is 0.421. The van der Waals surface area contributed by atoms with Gasteiger partial charge < -0.3 is 14.8 Å². The minimum Gasteiger partial charge on any atom is -0.343 e. The highest BCUT2D eigenvalue weighted by atomic mass is 19.4. The van der Waals surface area contributed by atoms with Crippen molar-refractivity contribution in [3.8, 4) is 0 Å². The largest absolute Gasteiger partial charge is 0.401 e. The number of fused-ring (bicyclic) bond motifs is 3. The molecule has 1 aliphatic carbocycles. The van der Waals surface area contributed by atoms with E-state index in [-0.39, 0.29) is 54.8 Å². The minimum absolute atomic E-state index is 0.0210. The number of nitrogens with one attached hydrogen (secondary N) is 1. The monoisotopic (exact) mass is 600 g/mol. The Bertz CT molecular complexity index is 1610. The maximum Gasteiger partial charge on any atom is 0.401 e. The molecule has 2 amide bonds. The summed E-state index contributed by atoms with van der Waals surface area (Å²) in [5.41, 5.74) is -1.97. The number of anilines is 1. The van der Waals surface area contributed by atoms with Crippen molar-refractivity contribution in [1.82, 2.24) is 24.6 Å². The van der Waals surface area contributed by atoms with Crippen molar-refractivity contribution in [3.05, 3.63) is 70.9 Å². The van der Waals surface area contributed by atoms with Crippen molar-refractivity contribution in [2.24, 2.45) is 0 Å². The van der Waals surface area contributed by atoms with E-state index in [2.05, 4.69) is 20.5 Å². The zero-order valence-corrected chi connectivity index (χ0v) is 23.1. The fourth-order valence-corrected chi connectivity index (χ4v) is 7.25. The SMILES string of the molecule is O=C(C[C@H]1CC[C@H](c2cccc(F)c2F)Cn2c1nnc2C1(C(F)(F)F)CC1)N1CCC2(CC1)C(=O)Nc1ncccc12. The second-order valence-electron chi connectivity index (χ2n) is 12.2. The highest BCUT2D eigenvalue weighted by Crippen LogP contribution is 2.59. The van der Waals surface area contributed by atoms with Crippen LogP contribution in [0.1, 0.15) is 79.6 Å². The Morgan fingerprint density at radius 1 is 1.02 bits per heavy atom. The predicted molar refractivity (Wildman–Crippen MR) is 143 cm³/mol.